The lowest BCUT2D eigenvalue weighted by atomic mass is 10.1. The van der Waals surface area contributed by atoms with Crippen molar-refractivity contribution in [2.45, 2.75) is 6.04 Å². The number of hydrogen-bond acceptors (Lipinski definition) is 3. The smallest absolute Gasteiger partial charge is 0.319 e. The fourth-order valence-electron chi connectivity index (χ4n) is 1.24. The van der Waals surface area contributed by atoms with Gasteiger partial charge in [-0.25, -0.2) is 4.79 Å². The summed E-state index contributed by atoms with van der Waals surface area (Å²) in [5, 5.41) is 13.8. The maximum atomic E-state index is 10.8. The molecular weight excluding hydrogens is 156 g/mol. The largest absolute Gasteiger partial charge is 0.335 e. The molecule has 0 aromatic carbocycles. The van der Waals surface area contributed by atoms with E-state index in [9.17, 15) is 4.79 Å². The third-order valence-corrected chi connectivity index (χ3v) is 1.83. The van der Waals surface area contributed by atoms with Gasteiger partial charge in [0.05, 0.1) is 11.3 Å². The van der Waals surface area contributed by atoms with Gasteiger partial charge in [-0.1, -0.05) is 0 Å². The number of carbonyl (C=O) groups excluding carboxylic acids is 1. The molecule has 2 rings (SSSR count). The fourth-order valence-corrected chi connectivity index (χ4v) is 1.24. The first-order chi connectivity index (χ1) is 5.81. The van der Waals surface area contributed by atoms with Crippen LogP contribution >= 0.6 is 0 Å². The molecule has 1 unspecified atom stereocenters. The number of nitrogens with zero attached hydrogens (tertiary/aromatic N) is 2. The Labute approximate surface area is 68.8 Å². The lowest BCUT2D eigenvalue weighted by Crippen LogP contribution is -2.48. The van der Waals surface area contributed by atoms with Crippen molar-refractivity contribution in [2.75, 3.05) is 6.54 Å². The highest BCUT2D eigenvalue weighted by atomic mass is 16.2. The highest BCUT2D eigenvalue weighted by Crippen LogP contribution is 2.16. The van der Waals surface area contributed by atoms with Gasteiger partial charge < -0.3 is 10.6 Å². The summed E-state index contributed by atoms with van der Waals surface area (Å²) < 4.78 is 0. The first kappa shape index (κ1) is 6.85. The van der Waals surface area contributed by atoms with Crippen molar-refractivity contribution < 1.29 is 4.79 Å². The normalized spacial score (nSPS) is 25.9. The topological polar surface area (TPSA) is 77.3 Å². The highest BCUT2D eigenvalue weighted by molar-refractivity contribution is 5.91. The van der Waals surface area contributed by atoms with E-state index in [1.165, 1.54) is 6.21 Å². The van der Waals surface area contributed by atoms with E-state index in [0.717, 1.165) is 0 Å². The summed E-state index contributed by atoms with van der Waals surface area (Å²) in [7, 11) is 0. The summed E-state index contributed by atoms with van der Waals surface area (Å²) in [6.45, 7) is 0.475. The minimum atomic E-state index is -0.264. The van der Waals surface area contributed by atoms with E-state index in [0.29, 0.717) is 17.8 Å². The second kappa shape index (κ2) is 2.34. The van der Waals surface area contributed by atoms with Crippen LogP contribution < -0.4 is 10.6 Å². The number of nitriles is 1. The third kappa shape index (κ3) is 0.855. The molecule has 2 heterocycles. The van der Waals surface area contributed by atoms with Crippen molar-refractivity contribution in [3.63, 3.8) is 0 Å². The molecule has 0 radical (unpaired) electrons. The van der Waals surface area contributed by atoms with Crippen LogP contribution in [0.3, 0.4) is 0 Å². The zero-order chi connectivity index (χ0) is 8.55. The second-order valence-corrected chi connectivity index (χ2v) is 2.57. The highest BCUT2D eigenvalue weighted by Gasteiger charge is 2.27. The van der Waals surface area contributed by atoms with Gasteiger partial charge in [-0.05, 0) is 0 Å². The van der Waals surface area contributed by atoms with Gasteiger partial charge in [0.1, 0.15) is 12.1 Å². The Bertz CT molecular complexity index is 336. The number of hydrogen-bond donors (Lipinski definition) is 2. The Hall–Kier alpha value is -1.83. The molecule has 2 aliphatic heterocycles. The summed E-state index contributed by atoms with van der Waals surface area (Å²) in [6, 6.07) is 1.62. The minimum absolute atomic E-state index is 0.0858. The van der Waals surface area contributed by atoms with Crippen LogP contribution in [0.1, 0.15) is 0 Å². The van der Waals surface area contributed by atoms with E-state index >= 15 is 0 Å². The van der Waals surface area contributed by atoms with E-state index in [-0.39, 0.29) is 12.1 Å². The molecule has 1 fully saturated rings. The SMILES string of the molecule is N#CC1=C2NC(=O)NCC2N=C1. The van der Waals surface area contributed by atoms with Crippen LogP contribution in [0.2, 0.25) is 0 Å². The molecule has 12 heavy (non-hydrogen) atoms. The molecule has 0 aromatic heterocycles. The van der Waals surface area contributed by atoms with Crippen LogP contribution in [-0.4, -0.2) is 24.8 Å². The number of urea groups is 1. The molecule has 1 saturated heterocycles. The molecule has 5 heteroatoms. The van der Waals surface area contributed by atoms with Gasteiger partial charge in [0.2, 0.25) is 0 Å². The van der Waals surface area contributed by atoms with E-state index in [2.05, 4.69) is 15.6 Å². The summed E-state index contributed by atoms with van der Waals surface area (Å²) >= 11 is 0. The maximum Gasteiger partial charge on any atom is 0.319 e. The van der Waals surface area contributed by atoms with E-state index in [1.807, 2.05) is 6.07 Å². The van der Waals surface area contributed by atoms with E-state index < -0.39 is 0 Å². The van der Waals surface area contributed by atoms with E-state index in [1.54, 1.807) is 0 Å². The van der Waals surface area contributed by atoms with Crippen LogP contribution in [0.5, 0.6) is 0 Å². The maximum absolute atomic E-state index is 10.8. The number of rotatable bonds is 0. The Morgan fingerprint density at radius 3 is 3.33 bits per heavy atom. The predicted octanol–water partition coefficient (Wildman–Crippen LogP) is -0.470. The second-order valence-electron chi connectivity index (χ2n) is 2.57. The molecule has 60 valence electrons. The van der Waals surface area contributed by atoms with Crippen LogP contribution in [0.15, 0.2) is 16.3 Å². The van der Waals surface area contributed by atoms with Gasteiger partial charge in [-0.3, -0.25) is 4.99 Å². The number of nitrogens with one attached hydrogen (secondary N) is 2. The van der Waals surface area contributed by atoms with Crippen molar-refractivity contribution in [3.05, 3.63) is 11.3 Å². The number of allylic oxidation sites excluding steroid dienone is 1. The van der Waals surface area contributed by atoms with Crippen molar-refractivity contribution in [1.29, 1.82) is 5.26 Å². The fraction of sp³-hybridized carbons (Fsp3) is 0.286. The average molecular weight is 162 g/mol. The van der Waals surface area contributed by atoms with Crippen molar-refractivity contribution in [3.8, 4) is 6.07 Å². The first-order valence-electron chi connectivity index (χ1n) is 3.53. The molecule has 0 aromatic rings. The molecule has 0 aliphatic carbocycles. The lowest BCUT2D eigenvalue weighted by Gasteiger charge is -2.20. The van der Waals surface area contributed by atoms with Crippen LogP contribution in [0.4, 0.5) is 4.79 Å². The monoisotopic (exact) mass is 162 g/mol. The summed E-state index contributed by atoms with van der Waals surface area (Å²) in [4.78, 5) is 14.9. The molecule has 2 amide bonds. The Morgan fingerprint density at radius 2 is 2.58 bits per heavy atom. The van der Waals surface area contributed by atoms with Gasteiger partial charge in [-0.2, -0.15) is 5.26 Å². The zero-order valence-corrected chi connectivity index (χ0v) is 6.16. The molecular formula is C7H6N4O. The number of aliphatic imine (C=N–C) groups is 1. The number of carbonyl (C=O) groups is 1. The van der Waals surface area contributed by atoms with Crippen LogP contribution in [0.25, 0.3) is 0 Å². The minimum Gasteiger partial charge on any atom is -0.335 e. The van der Waals surface area contributed by atoms with Crippen molar-refractivity contribution in [2.24, 2.45) is 4.99 Å². The molecule has 0 saturated carbocycles. The summed E-state index contributed by atoms with van der Waals surface area (Å²) in [5.74, 6) is 0. The van der Waals surface area contributed by atoms with Crippen LogP contribution in [0, 0.1) is 11.3 Å². The molecule has 2 aliphatic rings. The van der Waals surface area contributed by atoms with E-state index in [4.69, 9.17) is 5.26 Å². The molecule has 0 bridgehead atoms. The predicted molar refractivity (Wildman–Crippen MR) is 41.5 cm³/mol. The quantitative estimate of drug-likeness (QED) is 0.505. The summed E-state index contributed by atoms with van der Waals surface area (Å²) in [6.07, 6.45) is 1.49. The standard InChI is InChI=1S/C7H6N4O/c8-1-4-2-9-5-3-10-7(12)11-6(4)5/h2,5H,3H2,(H2,10,11,12). The van der Waals surface area contributed by atoms with Gasteiger partial charge in [0, 0.05) is 12.8 Å². The Morgan fingerprint density at radius 1 is 1.75 bits per heavy atom. The molecule has 0 spiro atoms. The van der Waals surface area contributed by atoms with Gasteiger partial charge in [-0.15, -0.1) is 0 Å². The Kier molecular flexibility index (Phi) is 1.34. The number of amides is 2. The Balaban J connectivity index is 2.34. The third-order valence-electron chi connectivity index (χ3n) is 1.83. The van der Waals surface area contributed by atoms with Gasteiger partial charge in [0.15, 0.2) is 0 Å². The molecule has 1 atom stereocenters. The first-order valence-corrected chi connectivity index (χ1v) is 3.53. The average Bonchev–Trinajstić information content (AvgIpc) is 2.46. The van der Waals surface area contributed by atoms with Gasteiger partial charge >= 0.3 is 6.03 Å². The molecule has 2 N–H and O–H groups in total. The molecule has 5 nitrogen and oxygen atoms in total. The summed E-state index contributed by atoms with van der Waals surface area (Å²) in [5.41, 5.74) is 1.08. The van der Waals surface area contributed by atoms with Crippen molar-refractivity contribution in [1.82, 2.24) is 10.6 Å². The lowest BCUT2D eigenvalue weighted by molar-refractivity contribution is 0.239. The zero-order valence-electron chi connectivity index (χ0n) is 6.16. The van der Waals surface area contributed by atoms with Crippen LogP contribution in [-0.2, 0) is 0 Å². The van der Waals surface area contributed by atoms with Crippen molar-refractivity contribution >= 4 is 12.2 Å². The number of fused-ring (bicyclic) bond motifs is 1. The van der Waals surface area contributed by atoms with Gasteiger partial charge in [0.25, 0.3) is 0 Å².